The number of hydrogen-bond donors (Lipinski definition) is 2. The number of pyridine rings is 1. The molecule has 2 aliphatic heterocycles. The maximum atomic E-state index is 13.0. The fourth-order valence-electron chi connectivity index (χ4n) is 4.10. The first-order valence-corrected chi connectivity index (χ1v) is 9.99. The number of likely N-dealkylation sites (tertiary alicyclic amines) is 1. The molecule has 2 aromatic rings. The number of carbonyl (C=O) groups is 2. The predicted molar refractivity (Wildman–Crippen MR) is 109 cm³/mol. The van der Waals surface area contributed by atoms with Crippen LogP contribution in [0.15, 0.2) is 30.1 Å². The van der Waals surface area contributed by atoms with Crippen LogP contribution in [-0.2, 0) is 14.3 Å². The molecule has 0 bridgehead atoms. The van der Waals surface area contributed by atoms with E-state index in [-0.39, 0.29) is 11.3 Å². The molecule has 1 amide bonds. The Labute approximate surface area is 174 Å². The maximum absolute atomic E-state index is 13.0. The summed E-state index contributed by atoms with van der Waals surface area (Å²) in [4.78, 5) is 33.9. The van der Waals surface area contributed by atoms with Gasteiger partial charge in [0.15, 0.2) is 0 Å². The monoisotopic (exact) mass is 411 g/mol. The van der Waals surface area contributed by atoms with Crippen molar-refractivity contribution in [2.75, 3.05) is 39.4 Å². The molecular formula is C21H25N5O4. The lowest BCUT2D eigenvalue weighted by Gasteiger charge is -2.30. The summed E-state index contributed by atoms with van der Waals surface area (Å²) in [7, 11) is 0. The van der Waals surface area contributed by atoms with Crippen LogP contribution in [-0.4, -0.2) is 81.2 Å². The number of aromatic nitrogens is 3. The zero-order chi connectivity index (χ0) is 21.3. The number of aryl methyl sites for hydroxylation is 2. The van der Waals surface area contributed by atoms with Gasteiger partial charge in [0.1, 0.15) is 5.76 Å². The van der Waals surface area contributed by atoms with Gasteiger partial charge < -0.3 is 14.7 Å². The van der Waals surface area contributed by atoms with Crippen LogP contribution in [0.4, 0.5) is 0 Å². The number of H-pyrrole nitrogens is 1. The molecule has 9 heteroatoms. The Hall–Kier alpha value is -3.04. The highest BCUT2D eigenvalue weighted by molar-refractivity contribution is 6.46. The molecule has 0 saturated carbocycles. The molecule has 0 aliphatic carbocycles. The first-order valence-electron chi connectivity index (χ1n) is 9.99. The van der Waals surface area contributed by atoms with Crippen molar-refractivity contribution in [3.05, 3.63) is 52.6 Å². The molecule has 1 atom stereocenters. The van der Waals surface area contributed by atoms with Crippen molar-refractivity contribution < 1.29 is 19.4 Å². The van der Waals surface area contributed by atoms with E-state index in [0.717, 1.165) is 13.1 Å². The summed E-state index contributed by atoms with van der Waals surface area (Å²) in [6, 6.07) is 2.87. The molecule has 2 aromatic heterocycles. The van der Waals surface area contributed by atoms with Crippen LogP contribution in [0, 0.1) is 13.8 Å². The van der Waals surface area contributed by atoms with Gasteiger partial charge in [-0.25, -0.2) is 0 Å². The number of carbonyl (C=O) groups excluding carboxylic acids is 2. The van der Waals surface area contributed by atoms with Crippen molar-refractivity contribution >= 4 is 17.4 Å². The molecule has 0 radical (unpaired) electrons. The van der Waals surface area contributed by atoms with Crippen LogP contribution in [0.3, 0.4) is 0 Å². The molecule has 1 unspecified atom stereocenters. The molecule has 0 aromatic carbocycles. The van der Waals surface area contributed by atoms with Crippen molar-refractivity contribution in [1.29, 1.82) is 0 Å². The summed E-state index contributed by atoms with van der Waals surface area (Å²) in [5.74, 6) is -1.51. The molecular weight excluding hydrogens is 386 g/mol. The van der Waals surface area contributed by atoms with Crippen molar-refractivity contribution in [2.45, 2.75) is 19.9 Å². The molecule has 2 fully saturated rings. The molecule has 2 N–H and O–H groups in total. The highest BCUT2D eigenvalue weighted by atomic mass is 16.5. The van der Waals surface area contributed by atoms with E-state index in [1.54, 1.807) is 32.3 Å². The zero-order valence-corrected chi connectivity index (χ0v) is 17.1. The number of aromatic amines is 1. The molecule has 4 rings (SSSR count). The van der Waals surface area contributed by atoms with Gasteiger partial charge in [0.25, 0.3) is 11.7 Å². The summed E-state index contributed by atoms with van der Waals surface area (Å²) < 4.78 is 5.38. The molecule has 158 valence electrons. The normalized spacial score (nSPS) is 22.1. The van der Waals surface area contributed by atoms with Gasteiger partial charge >= 0.3 is 0 Å². The second-order valence-corrected chi connectivity index (χ2v) is 7.54. The summed E-state index contributed by atoms with van der Waals surface area (Å²) in [6.45, 7) is 7.38. The van der Waals surface area contributed by atoms with E-state index in [0.29, 0.717) is 48.8 Å². The third-order valence-electron chi connectivity index (χ3n) is 5.67. The van der Waals surface area contributed by atoms with Crippen molar-refractivity contribution in [3.63, 3.8) is 0 Å². The van der Waals surface area contributed by atoms with E-state index in [1.165, 1.54) is 4.90 Å². The van der Waals surface area contributed by atoms with Crippen LogP contribution < -0.4 is 0 Å². The van der Waals surface area contributed by atoms with Crippen molar-refractivity contribution in [1.82, 2.24) is 25.0 Å². The topological polar surface area (TPSA) is 112 Å². The number of ether oxygens (including phenoxy) is 1. The number of nitrogens with zero attached hydrogens (tertiary/aromatic N) is 4. The van der Waals surface area contributed by atoms with E-state index in [4.69, 9.17) is 4.74 Å². The van der Waals surface area contributed by atoms with Gasteiger partial charge in [-0.15, -0.1) is 0 Å². The Morgan fingerprint density at radius 3 is 2.67 bits per heavy atom. The van der Waals surface area contributed by atoms with Gasteiger partial charge in [0.2, 0.25) is 0 Å². The number of ketones is 1. The Morgan fingerprint density at radius 1 is 1.27 bits per heavy atom. The van der Waals surface area contributed by atoms with E-state index in [2.05, 4.69) is 20.1 Å². The number of Topliss-reactive ketones (excluding diaryl/α,β-unsaturated/α-hetero) is 1. The predicted octanol–water partition coefficient (Wildman–Crippen LogP) is 1.18. The smallest absolute Gasteiger partial charge is 0.295 e. The Bertz CT molecular complexity index is 959. The highest BCUT2D eigenvalue weighted by Gasteiger charge is 2.46. The minimum absolute atomic E-state index is 0.0718. The second-order valence-electron chi connectivity index (χ2n) is 7.54. The quantitative estimate of drug-likeness (QED) is 0.432. The number of nitrogens with one attached hydrogen (secondary N) is 1. The fourth-order valence-corrected chi connectivity index (χ4v) is 4.10. The maximum Gasteiger partial charge on any atom is 0.295 e. The van der Waals surface area contributed by atoms with Gasteiger partial charge in [-0.2, -0.15) is 5.10 Å². The van der Waals surface area contributed by atoms with Crippen molar-refractivity contribution in [3.8, 4) is 0 Å². The number of morpholine rings is 1. The lowest BCUT2D eigenvalue weighted by molar-refractivity contribution is -0.140. The van der Waals surface area contributed by atoms with Crippen molar-refractivity contribution in [2.24, 2.45) is 0 Å². The van der Waals surface area contributed by atoms with Crippen LogP contribution in [0.2, 0.25) is 0 Å². The lowest BCUT2D eigenvalue weighted by Crippen LogP contribution is -2.42. The zero-order valence-electron chi connectivity index (χ0n) is 17.1. The van der Waals surface area contributed by atoms with E-state index >= 15 is 0 Å². The molecule has 9 nitrogen and oxygen atoms in total. The Kier molecular flexibility index (Phi) is 5.65. The molecule has 0 spiro atoms. The number of hydrogen-bond acceptors (Lipinski definition) is 7. The average Bonchev–Trinajstić information content (AvgIpc) is 3.23. The molecule has 30 heavy (non-hydrogen) atoms. The van der Waals surface area contributed by atoms with Gasteiger partial charge in [0.05, 0.1) is 36.1 Å². The number of rotatable bonds is 5. The van der Waals surface area contributed by atoms with Gasteiger partial charge in [-0.1, -0.05) is 6.07 Å². The van der Waals surface area contributed by atoms with E-state index in [1.807, 2.05) is 6.07 Å². The van der Waals surface area contributed by atoms with E-state index < -0.39 is 17.7 Å². The fraction of sp³-hybridized carbons (Fsp3) is 0.429. The summed E-state index contributed by atoms with van der Waals surface area (Å²) in [6.07, 6.45) is 3.26. The van der Waals surface area contributed by atoms with Crippen LogP contribution >= 0.6 is 0 Å². The third kappa shape index (κ3) is 3.61. The standard InChI is InChI=1S/C21H25N5O4/c1-13-16(14(2)24-23-13)19(27)17-18(15-4-3-5-22-12-15)26(21(29)20(17)28)7-6-25-8-10-30-11-9-25/h3-5,12,18,27H,6-11H2,1-2H3,(H,23,24). The van der Waals surface area contributed by atoms with Crippen LogP contribution in [0.25, 0.3) is 5.76 Å². The minimum Gasteiger partial charge on any atom is -0.507 e. The summed E-state index contributed by atoms with van der Waals surface area (Å²) in [5.41, 5.74) is 2.40. The Balaban J connectivity index is 1.74. The van der Waals surface area contributed by atoms with E-state index in [9.17, 15) is 14.7 Å². The molecule has 2 saturated heterocycles. The first kappa shape index (κ1) is 20.2. The largest absolute Gasteiger partial charge is 0.507 e. The number of aliphatic hydroxyl groups is 1. The lowest BCUT2D eigenvalue weighted by atomic mass is 9.95. The van der Waals surface area contributed by atoms with Crippen LogP contribution in [0.5, 0.6) is 0 Å². The van der Waals surface area contributed by atoms with Gasteiger partial charge in [-0.3, -0.25) is 24.6 Å². The first-order chi connectivity index (χ1) is 14.5. The SMILES string of the molecule is Cc1n[nH]c(C)c1C(O)=C1C(=O)C(=O)N(CCN2CCOCC2)C1c1cccnc1. The number of aliphatic hydroxyl groups excluding tert-OH is 1. The summed E-state index contributed by atoms with van der Waals surface area (Å²) in [5, 5.41) is 18.0. The number of amides is 1. The second kappa shape index (κ2) is 8.37. The van der Waals surface area contributed by atoms with Gasteiger partial charge in [0, 0.05) is 44.3 Å². The molecule has 2 aliphatic rings. The highest BCUT2D eigenvalue weighted by Crippen LogP contribution is 2.39. The summed E-state index contributed by atoms with van der Waals surface area (Å²) >= 11 is 0. The molecule has 4 heterocycles. The average molecular weight is 411 g/mol. The third-order valence-corrected chi connectivity index (χ3v) is 5.67. The van der Waals surface area contributed by atoms with Gasteiger partial charge in [-0.05, 0) is 25.5 Å². The van der Waals surface area contributed by atoms with Crippen LogP contribution in [0.1, 0.15) is 28.6 Å². The Morgan fingerprint density at radius 2 is 2.03 bits per heavy atom. The minimum atomic E-state index is -0.701.